The summed E-state index contributed by atoms with van der Waals surface area (Å²) in [5.74, 6) is -2.89. The summed E-state index contributed by atoms with van der Waals surface area (Å²) in [6.07, 6.45) is 1.89. The minimum absolute atomic E-state index is 0.0779. The molecule has 142 valence electrons. The predicted molar refractivity (Wildman–Crippen MR) is 101 cm³/mol. The van der Waals surface area contributed by atoms with E-state index in [9.17, 15) is 18.4 Å². The molecular formula is C19H18BrF2N3O2. The quantitative estimate of drug-likeness (QED) is 0.623. The van der Waals surface area contributed by atoms with Crippen molar-refractivity contribution < 1.29 is 18.4 Å². The van der Waals surface area contributed by atoms with Gasteiger partial charge in [-0.05, 0) is 42.7 Å². The topological polar surface area (TPSA) is 70.2 Å². The second-order valence-electron chi connectivity index (χ2n) is 6.40. The molecule has 8 heteroatoms. The van der Waals surface area contributed by atoms with E-state index in [0.29, 0.717) is 0 Å². The van der Waals surface area contributed by atoms with Crippen LogP contribution in [0.1, 0.15) is 18.4 Å². The van der Waals surface area contributed by atoms with Crippen LogP contribution in [0.3, 0.4) is 0 Å². The monoisotopic (exact) mass is 437 g/mol. The molecule has 5 nitrogen and oxygen atoms in total. The van der Waals surface area contributed by atoms with Crippen molar-refractivity contribution in [3.63, 3.8) is 0 Å². The predicted octanol–water partition coefficient (Wildman–Crippen LogP) is 3.06. The van der Waals surface area contributed by atoms with Gasteiger partial charge in [-0.3, -0.25) is 14.9 Å². The largest absolute Gasteiger partial charge is 0.346 e. The van der Waals surface area contributed by atoms with Gasteiger partial charge in [0.05, 0.1) is 13.1 Å². The zero-order chi connectivity index (χ0) is 19.4. The summed E-state index contributed by atoms with van der Waals surface area (Å²) in [6.45, 7) is -0.181. The lowest BCUT2D eigenvalue weighted by Crippen LogP contribution is -2.41. The minimum atomic E-state index is -1.05. The Morgan fingerprint density at radius 3 is 2.30 bits per heavy atom. The maximum Gasteiger partial charge on any atom is 0.243 e. The number of carbonyl (C=O) groups is 2. The lowest BCUT2D eigenvalue weighted by atomic mass is 10.1. The number of carbonyl (C=O) groups excluding carboxylic acids is 2. The molecule has 0 atom stereocenters. The van der Waals surface area contributed by atoms with Crippen LogP contribution in [0, 0.1) is 11.6 Å². The summed E-state index contributed by atoms with van der Waals surface area (Å²) >= 11 is 3.40. The van der Waals surface area contributed by atoms with Gasteiger partial charge in [-0.15, -0.1) is 0 Å². The second-order valence-corrected chi connectivity index (χ2v) is 7.31. The molecule has 0 aliphatic heterocycles. The molecule has 0 heterocycles. The summed E-state index contributed by atoms with van der Waals surface area (Å²) in [4.78, 5) is 23.8. The fourth-order valence-corrected chi connectivity index (χ4v) is 3.00. The van der Waals surface area contributed by atoms with Crippen LogP contribution >= 0.6 is 15.9 Å². The Balaban J connectivity index is 1.43. The number of hydrogen-bond donors (Lipinski definition) is 3. The number of anilines is 1. The smallest absolute Gasteiger partial charge is 0.243 e. The van der Waals surface area contributed by atoms with E-state index in [1.807, 2.05) is 24.3 Å². The molecule has 0 saturated heterocycles. The number of amides is 2. The standard InChI is InChI=1S/C19H18BrF2N3O2/c20-13-3-1-12(2-4-13)19(7-8-19)24-11-17(26)23-10-18(27)25-14-5-6-15(21)16(22)9-14/h1-6,9,24H,7-8,10-11H2,(H,23,26)(H,25,27). The summed E-state index contributed by atoms with van der Waals surface area (Å²) < 4.78 is 27.0. The normalized spacial score (nSPS) is 14.5. The van der Waals surface area contributed by atoms with E-state index in [4.69, 9.17) is 0 Å². The number of benzene rings is 2. The van der Waals surface area contributed by atoms with E-state index in [1.165, 1.54) is 6.07 Å². The Morgan fingerprint density at radius 2 is 1.67 bits per heavy atom. The van der Waals surface area contributed by atoms with Gasteiger partial charge in [0.2, 0.25) is 11.8 Å². The molecule has 0 aromatic heterocycles. The summed E-state index contributed by atoms with van der Waals surface area (Å²) in [6, 6.07) is 11.0. The zero-order valence-electron chi connectivity index (χ0n) is 14.3. The molecule has 2 aromatic rings. The zero-order valence-corrected chi connectivity index (χ0v) is 15.9. The van der Waals surface area contributed by atoms with Crippen molar-refractivity contribution in [1.29, 1.82) is 0 Å². The van der Waals surface area contributed by atoms with Crippen LogP contribution in [-0.2, 0) is 15.1 Å². The van der Waals surface area contributed by atoms with Crippen molar-refractivity contribution in [1.82, 2.24) is 10.6 Å². The highest BCUT2D eigenvalue weighted by molar-refractivity contribution is 9.10. The number of rotatable bonds is 7. The first kappa shape index (κ1) is 19.4. The van der Waals surface area contributed by atoms with Gasteiger partial charge in [0.1, 0.15) is 0 Å². The van der Waals surface area contributed by atoms with Crippen LogP contribution in [0.5, 0.6) is 0 Å². The molecule has 0 radical (unpaired) electrons. The van der Waals surface area contributed by atoms with E-state index in [-0.39, 0.29) is 30.2 Å². The minimum Gasteiger partial charge on any atom is -0.346 e. The van der Waals surface area contributed by atoms with Crippen LogP contribution in [0.15, 0.2) is 46.9 Å². The third-order valence-electron chi connectivity index (χ3n) is 4.38. The van der Waals surface area contributed by atoms with Crippen molar-refractivity contribution >= 4 is 33.4 Å². The number of nitrogens with one attached hydrogen (secondary N) is 3. The van der Waals surface area contributed by atoms with E-state index < -0.39 is 17.5 Å². The summed E-state index contributed by atoms with van der Waals surface area (Å²) in [5, 5.41) is 8.14. The molecule has 1 aliphatic carbocycles. The third kappa shape index (κ3) is 5.11. The fraction of sp³-hybridized carbons (Fsp3) is 0.263. The highest BCUT2D eigenvalue weighted by Crippen LogP contribution is 2.45. The van der Waals surface area contributed by atoms with Crippen molar-refractivity contribution in [2.24, 2.45) is 0 Å². The Hall–Kier alpha value is -2.32. The molecular weight excluding hydrogens is 420 g/mol. The molecule has 0 bridgehead atoms. The SMILES string of the molecule is O=C(CNC1(c2ccc(Br)cc2)CC1)NCC(=O)Nc1ccc(F)c(F)c1. The molecule has 3 rings (SSSR count). The van der Waals surface area contributed by atoms with E-state index in [1.54, 1.807) is 0 Å². The molecule has 1 aliphatic rings. The van der Waals surface area contributed by atoms with Crippen LogP contribution < -0.4 is 16.0 Å². The Bertz CT molecular complexity index is 855. The summed E-state index contributed by atoms with van der Waals surface area (Å²) in [7, 11) is 0. The van der Waals surface area contributed by atoms with Gasteiger partial charge < -0.3 is 10.6 Å². The molecule has 1 saturated carbocycles. The van der Waals surface area contributed by atoms with Gasteiger partial charge in [0.15, 0.2) is 11.6 Å². The van der Waals surface area contributed by atoms with Crippen molar-refractivity contribution in [2.45, 2.75) is 18.4 Å². The summed E-state index contributed by atoms with van der Waals surface area (Å²) in [5.41, 5.74) is 1.05. The van der Waals surface area contributed by atoms with Gasteiger partial charge in [-0.2, -0.15) is 0 Å². The Labute approximate surface area is 163 Å². The van der Waals surface area contributed by atoms with Crippen LogP contribution in [0.2, 0.25) is 0 Å². The molecule has 3 N–H and O–H groups in total. The van der Waals surface area contributed by atoms with Crippen LogP contribution in [-0.4, -0.2) is 24.9 Å². The molecule has 27 heavy (non-hydrogen) atoms. The lowest BCUT2D eigenvalue weighted by molar-refractivity contribution is -0.123. The number of hydrogen-bond acceptors (Lipinski definition) is 3. The molecule has 0 unspecified atom stereocenters. The highest BCUT2D eigenvalue weighted by Gasteiger charge is 2.43. The first-order valence-electron chi connectivity index (χ1n) is 8.41. The van der Waals surface area contributed by atoms with Gasteiger partial charge in [-0.25, -0.2) is 8.78 Å². The molecule has 0 spiro atoms. The third-order valence-corrected chi connectivity index (χ3v) is 4.91. The molecule has 1 fully saturated rings. The first-order valence-corrected chi connectivity index (χ1v) is 9.20. The Morgan fingerprint density at radius 1 is 0.963 bits per heavy atom. The van der Waals surface area contributed by atoms with Crippen LogP contribution in [0.25, 0.3) is 0 Å². The Kier molecular flexibility index (Phi) is 5.86. The van der Waals surface area contributed by atoms with Gasteiger partial charge >= 0.3 is 0 Å². The van der Waals surface area contributed by atoms with Crippen molar-refractivity contribution in [3.05, 3.63) is 64.1 Å². The first-order chi connectivity index (χ1) is 12.9. The van der Waals surface area contributed by atoms with Gasteiger partial charge in [0, 0.05) is 21.8 Å². The average Bonchev–Trinajstić information content (AvgIpc) is 3.43. The van der Waals surface area contributed by atoms with E-state index >= 15 is 0 Å². The second kappa shape index (κ2) is 8.14. The maximum atomic E-state index is 13.1. The van der Waals surface area contributed by atoms with E-state index in [2.05, 4.69) is 31.9 Å². The highest BCUT2D eigenvalue weighted by atomic mass is 79.9. The fourth-order valence-electron chi connectivity index (χ4n) is 2.73. The van der Waals surface area contributed by atoms with Gasteiger partial charge in [-0.1, -0.05) is 28.1 Å². The number of halogens is 3. The molecule has 2 amide bonds. The molecule has 2 aromatic carbocycles. The van der Waals surface area contributed by atoms with E-state index in [0.717, 1.165) is 35.0 Å². The van der Waals surface area contributed by atoms with Gasteiger partial charge in [0.25, 0.3) is 0 Å². The van der Waals surface area contributed by atoms with Crippen molar-refractivity contribution in [2.75, 3.05) is 18.4 Å². The lowest BCUT2D eigenvalue weighted by Gasteiger charge is -2.18. The van der Waals surface area contributed by atoms with Crippen LogP contribution in [0.4, 0.5) is 14.5 Å². The average molecular weight is 438 g/mol. The maximum absolute atomic E-state index is 13.1. The van der Waals surface area contributed by atoms with Crippen molar-refractivity contribution in [3.8, 4) is 0 Å².